The first-order valence-corrected chi connectivity index (χ1v) is 9.51. The molecule has 0 unspecified atom stereocenters. The molecule has 0 radical (unpaired) electrons. The van der Waals surface area contributed by atoms with E-state index in [2.05, 4.69) is 10.6 Å². The van der Waals surface area contributed by atoms with E-state index in [-0.39, 0.29) is 24.0 Å². The van der Waals surface area contributed by atoms with E-state index in [1.54, 1.807) is 0 Å². The molecule has 0 aliphatic carbocycles. The van der Waals surface area contributed by atoms with Crippen molar-refractivity contribution in [2.75, 3.05) is 44.8 Å². The van der Waals surface area contributed by atoms with Crippen molar-refractivity contribution in [1.29, 1.82) is 0 Å². The molecular weight excluding hydrogens is 362 g/mol. The van der Waals surface area contributed by atoms with Gasteiger partial charge in [-0.25, -0.2) is 0 Å². The van der Waals surface area contributed by atoms with Crippen LogP contribution in [-0.2, 0) is 30.3 Å². The molecule has 0 spiro atoms. The highest BCUT2D eigenvalue weighted by atomic mass is 16.5. The summed E-state index contributed by atoms with van der Waals surface area (Å²) in [4.78, 5) is 34.4. The monoisotopic (exact) mass is 393 g/mol. The van der Waals surface area contributed by atoms with E-state index < -0.39 is 0 Å². The molecule has 0 heterocycles. The van der Waals surface area contributed by atoms with Gasteiger partial charge in [0, 0.05) is 31.6 Å². The zero-order chi connectivity index (χ0) is 20.6. The van der Waals surface area contributed by atoms with Crippen molar-refractivity contribution in [2.45, 2.75) is 32.6 Å². The number of ketones is 1. The number of anilines is 1. The molecule has 0 saturated carbocycles. The molecule has 0 bridgehead atoms. The van der Waals surface area contributed by atoms with Crippen LogP contribution in [0.2, 0.25) is 0 Å². The minimum Gasteiger partial charge on any atom is -0.379 e. The molecular formula is C20H31N3O5. The number of aryl methyl sites for hydroxylation is 1. The standard InChI is InChI=1S/C20H31N3O5/c1-16(24)8-11-22-19(25)7-4-17-2-5-18(6-3-17)23-20(26)9-12-27-14-15-28-13-10-21/h2-3,5-6H,4,7-15,21H2,1H3,(H,22,25)(H,23,26). The maximum atomic E-state index is 11.9. The molecule has 0 aromatic heterocycles. The van der Waals surface area contributed by atoms with Crippen LogP contribution < -0.4 is 16.4 Å². The van der Waals surface area contributed by atoms with Crippen LogP contribution in [0.3, 0.4) is 0 Å². The molecule has 1 aromatic carbocycles. The average Bonchev–Trinajstić information content (AvgIpc) is 2.66. The van der Waals surface area contributed by atoms with E-state index in [1.807, 2.05) is 24.3 Å². The number of ether oxygens (including phenoxy) is 2. The molecule has 8 heteroatoms. The van der Waals surface area contributed by atoms with Gasteiger partial charge in [0.25, 0.3) is 0 Å². The summed E-state index contributed by atoms with van der Waals surface area (Å²) in [6.07, 6.45) is 1.57. The number of hydrogen-bond acceptors (Lipinski definition) is 6. The number of carbonyl (C=O) groups excluding carboxylic acids is 3. The second kappa shape index (κ2) is 14.7. The van der Waals surface area contributed by atoms with Gasteiger partial charge < -0.3 is 25.8 Å². The molecule has 0 aliphatic rings. The van der Waals surface area contributed by atoms with Gasteiger partial charge in [0.05, 0.1) is 32.8 Å². The predicted octanol–water partition coefficient (Wildman–Crippen LogP) is 1.04. The lowest BCUT2D eigenvalue weighted by atomic mass is 10.1. The van der Waals surface area contributed by atoms with Gasteiger partial charge in [-0.05, 0) is 31.0 Å². The summed E-state index contributed by atoms with van der Waals surface area (Å²) < 4.78 is 10.5. The Bertz CT molecular complexity index is 604. The summed E-state index contributed by atoms with van der Waals surface area (Å²) in [5.74, 6) is -0.145. The van der Waals surface area contributed by atoms with Crippen LogP contribution in [0.1, 0.15) is 31.7 Å². The zero-order valence-corrected chi connectivity index (χ0v) is 16.5. The number of amides is 2. The maximum Gasteiger partial charge on any atom is 0.226 e. The van der Waals surface area contributed by atoms with Gasteiger partial charge in [-0.1, -0.05) is 12.1 Å². The molecule has 1 aromatic rings. The summed E-state index contributed by atoms with van der Waals surface area (Å²) in [5, 5.41) is 5.52. The van der Waals surface area contributed by atoms with Gasteiger partial charge in [0.2, 0.25) is 11.8 Å². The molecule has 0 atom stereocenters. The molecule has 8 nitrogen and oxygen atoms in total. The van der Waals surface area contributed by atoms with Crippen LogP contribution in [0.4, 0.5) is 5.69 Å². The SMILES string of the molecule is CC(=O)CCNC(=O)CCc1ccc(NC(=O)CCOCCOCCN)cc1. The predicted molar refractivity (Wildman–Crippen MR) is 107 cm³/mol. The lowest BCUT2D eigenvalue weighted by Gasteiger charge is -2.08. The van der Waals surface area contributed by atoms with Gasteiger partial charge in [0.15, 0.2) is 0 Å². The van der Waals surface area contributed by atoms with E-state index in [9.17, 15) is 14.4 Å². The zero-order valence-electron chi connectivity index (χ0n) is 16.5. The van der Waals surface area contributed by atoms with E-state index in [1.165, 1.54) is 6.92 Å². The number of nitrogens with two attached hydrogens (primary N) is 1. The summed E-state index contributed by atoms with van der Waals surface area (Å²) in [5.41, 5.74) is 7.00. The fourth-order valence-electron chi connectivity index (χ4n) is 2.27. The Balaban J connectivity index is 2.19. The van der Waals surface area contributed by atoms with Gasteiger partial charge in [-0.15, -0.1) is 0 Å². The number of rotatable bonds is 15. The minimum atomic E-state index is -0.125. The lowest BCUT2D eigenvalue weighted by molar-refractivity contribution is -0.121. The van der Waals surface area contributed by atoms with Crippen molar-refractivity contribution in [3.63, 3.8) is 0 Å². The molecule has 0 saturated heterocycles. The summed E-state index contributed by atoms with van der Waals surface area (Å²) in [6, 6.07) is 7.37. The number of Topliss-reactive ketones (excluding diaryl/α,β-unsaturated/α-hetero) is 1. The van der Waals surface area contributed by atoms with E-state index >= 15 is 0 Å². The van der Waals surface area contributed by atoms with Crippen molar-refractivity contribution >= 4 is 23.3 Å². The third-order valence-electron chi connectivity index (χ3n) is 3.79. The third-order valence-corrected chi connectivity index (χ3v) is 3.79. The molecule has 4 N–H and O–H groups in total. The fourth-order valence-corrected chi connectivity index (χ4v) is 2.27. The largest absolute Gasteiger partial charge is 0.379 e. The third kappa shape index (κ3) is 12.2. The van der Waals surface area contributed by atoms with E-state index in [0.29, 0.717) is 64.5 Å². The second-order valence-electron chi connectivity index (χ2n) is 6.31. The van der Waals surface area contributed by atoms with Gasteiger partial charge in [-0.2, -0.15) is 0 Å². The molecule has 28 heavy (non-hydrogen) atoms. The number of hydrogen-bond donors (Lipinski definition) is 3. The van der Waals surface area contributed by atoms with Crippen molar-refractivity contribution in [3.8, 4) is 0 Å². The van der Waals surface area contributed by atoms with E-state index in [4.69, 9.17) is 15.2 Å². The summed E-state index contributed by atoms with van der Waals surface area (Å²) in [6.45, 7) is 4.09. The highest BCUT2D eigenvalue weighted by molar-refractivity contribution is 5.90. The summed E-state index contributed by atoms with van der Waals surface area (Å²) in [7, 11) is 0. The topological polar surface area (TPSA) is 120 Å². The Morgan fingerprint density at radius 1 is 0.893 bits per heavy atom. The van der Waals surface area contributed by atoms with Crippen LogP contribution in [0, 0.1) is 0 Å². The average molecular weight is 393 g/mol. The first-order chi connectivity index (χ1) is 13.5. The molecule has 2 amide bonds. The van der Waals surface area contributed by atoms with Gasteiger partial charge in [0.1, 0.15) is 5.78 Å². The fraction of sp³-hybridized carbons (Fsp3) is 0.550. The van der Waals surface area contributed by atoms with Crippen LogP contribution >= 0.6 is 0 Å². The Hall–Kier alpha value is -2.29. The normalized spacial score (nSPS) is 10.5. The van der Waals surface area contributed by atoms with Crippen LogP contribution in [-0.4, -0.2) is 57.1 Å². The van der Waals surface area contributed by atoms with Crippen molar-refractivity contribution in [1.82, 2.24) is 5.32 Å². The van der Waals surface area contributed by atoms with E-state index in [0.717, 1.165) is 5.56 Å². The van der Waals surface area contributed by atoms with Crippen LogP contribution in [0.5, 0.6) is 0 Å². The smallest absolute Gasteiger partial charge is 0.226 e. The van der Waals surface area contributed by atoms with Crippen LogP contribution in [0.15, 0.2) is 24.3 Å². The quantitative estimate of drug-likeness (QED) is 0.383. The van der Waals surface area contributed by atoms with Gasteiger partial charge in [-0.3, -0.25) is 14.4 Å². The Morgan fingerprint density at radius 2 is 1.57 bits per heavy atom. The van der Waals surface area contributed by atoms with Crippen molar-refractivity contribution in [3.05, 3.63) is 29.8 Å². The summed E-state index contributed by atoms with van der Waals surface area (Å²) >= 11 is 0. The van der Waals surface area contributed by atoms with Gasteiger partial charge >= 0.3 is 0 Å². The number of carbonyl (C=O) groups is 3. The van der Waals surface area contributed by atoms with Crippen molar-refractivity contribution in [2.24, 2.45) is 5.73 Å². The highest BCUT2D eigenvalue weighted by Crippen LogP contribution is 2.11. The van der Waals surface area contributed by atoms with Crippen LogP contribution in [0.25, 0.3) is 0 Å². The Morgan fingerprint density at radius 3 is 2.21 bits per heavy atom. The molecule has 1 rings (SSSR count). The lowest BCUT2D eigenvalue weighted by Crippen LogP contribution is -2.25. The molecule has 156 valence electrons. The van der Waals surface area contributed by atoms with Crippen molar-refractivity contribution < 1.29 is 23.9 Å². The maximum absolute atomic E-state index is 11.9. The molecule has 0 fully saturated rings. The first-order valence-electron chi connectivity index (χ1n) is 9.51. The second-order valence-corrected chi connectivity index (χ2v) is 6.31. The highest BCUT2D eigenvalue weighted by Gasteiger charge is 2.05. The number of benzene rings is 1. The Kier molecular flexibility index (Phi) is 12.5. The minimum absolute atomic E-state index is 0.0565. The molecule has 0 aliphatic heterocycles. The number of nitrogens with one attached hydrogen (secondary N) is 2. The first kappa shape index (κ1) is 23.7. The Labute approximate surface area is 166 Å².